The summed E-state index contributed by atoms with van der Waals surface area (Å²) in [6.45, 7) is 0. The van der Waals surface area contributed by atoms with Crippen molar-refractivity contribution in [3.63, 3.8) is 0 Å². The smallest absolute Gasteiger partial charge is 0.139 e. The van der Waals surface area contributed by atoms with Crippen LogP contribution in [0, 0.1) is 11.6 Å². The first-order valence-corrected chi connectivity index (χ1v) is 5.62. The van der Waals surface area contributed by atoms with Gasteiger partial charge in [0.05, 0.1) is 0 Å². The Hall–Kier alpha value is -2.76. The van der Waals surface area contributed by atoms with E-state index in [0.29, 0.717) is 11.1 Å². The maximum atomic E-state index is 12.9. The van der Waals surface area contributed by atoms with Crippen LogP contribution in [0.5, 0.6) is 0 Å². The Bertz CT molecular complexity index is 590. The van der Waals surface area contributed by atoms with Gasteiger partial charge in [-0.05, 0) is 48.5 Å². The highest BCUT2D eigenvalue weighted by atomic mass is 19.1. The van der Waals surface area contributed by atoms with Crippen LogP contribution < -0.4 is 0 Å². The van der Waals surface area contributed by atoms with Crippen molar-refractivity contribution < 1.29 is 19.2 Å². The predicted octanol–water partition coefficient (Wildman–Crippen LogP) is 3.02. The van der Waals surface area contributed by atoms with Gasteiger partial charge in [0, 0.05) is 11.1 Å². The van der Waals surface area contributed by atoms with Crippen LogP contribution in [0.2, 0.25) is 0 Å². The largest absolute Gasteiger partial charge is 0.410 e. The summed E-state index contributed by atoms with van der Waals surface area (Å²) in [6.07, 6.45) is 0. The van der Waals surface area contributed by atoms with Crippen LogP contribution in [0.4, 0.5) is 8.78 Å². The molecule has 0 amide bonds. The summed E-state index contributed by atoms with van der Waals surface area (Å²) < 4.78 is 25.8. The molecule has 0 atom stereocenters. The maximum absolute atomic E-state index is 12.9. The summed E-state index contributed by atoms with van der Waals surface area (Å²) in [5, 5.41) is 24.3. The number of nitrogens with zero attached hydrogens (tertiary/aromatic N) is 2. The summed E-state index contributed by atoms with van der Waals surface area (Å²) in [7, 11) is 0. The van der Waals surface area contributed by atoms with E-state index < -0.39 is 11.6 Å². The van der Waals surface area contributed by atoms with Crippen LogP contribution in [-0.4, -0.2) is 21.8 Å². The molecule has 0 saturated heterocycles. The van der Waals surface area contributed by atoms with E-state index in [2.05, 4.69) is 10.3 Å². The van der Waals surface area contributed by atoms with E-state index in [1.165, 1.54) is 48.5 Å². The molecule has 2 rings (SSSR count). The summed E-state index contributed by atoms with van der Waals surface area (Å²) in [5.41, 5.74) is 0.593. The Morgan fingerprint density at radius 2 is 0.950 bits per heavy atom. The van der Waals surface area contributed by atoms with E-state index in [-0.39, 0.29) is 11.4 Å². The van der Waals surface area contributed by atoms with E-state index in [4.69, 9.17) is 10.4 Å². The van der Waals surface area contributed by atoms with Gasteiger partial charge in [-0.1, -0.05) is 10.3 Å². The lowest BCUT2D eigenvalue weighted by atomic mass is 10.00. The molecular formula is C14H10F2N2O2. The monoisotopic (exact) mass is 276 g/mol. The summed E-state index contributed by atoms with van der Waals surface area (Å²) in [4.78, 5) is 0. The van der Waals surface area contributed by atoms with Gasteiger partial charge in [0.15, 0.2) is 0 Å². The average molecular weight is 276 g/mol. The highest BCUT2D eigenvalue weighted by Crippen LogP contribution is 2.12. The molecule has 0 fully saturated rings. The molecule has 0 spiro atoms. The van der Waals surface area contributed by atoms with Crippen molar-refractivity contribution in [2.24, 2.45) is 10.3 Å². The molecular weight excluding hydrogens is 266 g/mol. The Labute approximate surface area is 113 Å². The minimum atomic E-state index is -0.449. The molecule has 0 saturated carbocycles. The predicted molar refractivity (Wildman–Crippen MR) is 69.4 cm³/mol. The molecule has 6 heteroatoms. The third-order valence-electron chi connectivity index (χ3n) is 2.66. The highest BCUT2D eigenvalue weighted by molar-refractivity contribution is 6.53. The quantitative estimate of drug-likeness (QED) is 0.514. The van der Waals surface area contributed by atoms with Gasteiger partial charge in [-0.15, -0.1) is 0 Å². The second kappa shape index (κ2) is 5.92. The molecule has 0 heterocycles. The van der Waals surface area contributed by atoms with Crippen LogP contribution >= 0.6 is 0 Å². The highest BCUT2D eigenvalue weighted by Gasteiger charge is 2.16. The normalized spacial score (nSPS) is 12.5. The van der Waals surface area contributed by atoms with Crippen molar-refractivity contribution in [1.29, 1.82) is 0 Å². The fourth-order valence-electron chi connectivity index (χ4n) is 1.70. The molecule has 2 N–H and O–H groups in total. The van der Waals surface area contributed by atoms with Gasteiger partial charge in [-0.2, -0.15) is 0 Å². The van der Waals surface area contributed by atoms with Gasteiger partial charge in [-0.25, -0.2) is 8.78 Å². The van der Waals surface area contributed by atoms with Crippen molar-refractivity contribution in [1.82, 2.24) is 0 Å². The zero-order valence-electron chi connectivity index (χ0n) is 10.2. The first-order chi connectivity index (χ1) is 9.65. The third-order valence-corrected chi connectivity index (χ3v) is 2.66. The molecule has 0 aliphatic rings. The minimum Gasteiger partial charge on any atom is -0.410 e. The van der Waals surface area contributed by atoms with Crippen LogP contribution in [-0.2, 0) is 0 Å². The molecule has 20 heavy (non-hydrogen) atoms. The molecule has 2 aromatic rings. The maximum Gasteiger partial charge on any atom is 0.139 e. The fourth-order valence-corrected chi connectivity index (χ4v) is 1.70. The SMILES string of the molecule is O/N=C(/C(=N/O)c1ccc(F)cc1)c1ccc(F)cc1. The lowest BCUT2D eigenvalue weighted by molar-refractivity contribution is 0.314. The molecule has 0 unspecified atom stereocenters. The van der Waals surface area contributed by atoms with Crippen molar-refractivity contribution in [3.8, 4) is 0 Å². The average Bonchev–Trinajstić information content (AvgIpc) is 2.47. The molecule has 0 radical (unpaired) electrons. The summed E-state index contributed by atoms with van der Waals surface area (Å²) in [5.74, 6) is -0.898. The van der Waals surface area contributed by atoms with E-state index >= 15 is 0 Å². The number of rotatable bonds is 3. The number of hydrogen-bond acceptors (Lipinski definition) is 4. The molecule has 0 bridgehead atoms. The van der Waals surface area contributed by atoms with E-state index in [1.54, 1.807) is 0 Å². The van der Waals surface area contributed by atoms with Crippen molar-refractivity contribution in [2.45, 2.75) is 0 Å². The number of halogens is 2. The van der Waals surface area contributed by atoms with Crippen LogP contribution in [0.3, 0.4) is 0 Å². The Morgan fingerprint density at radius 3 is 1.20 bits per heavy atom. The van der Waals surface area contributed by atoms with Gasteiger partial charge in [0.1, 0.15) is 23.1 Å². The van der Waals surface area contributed by atoms with Crippen molar-refractivity contribution >= 4 is 11.4 Å². The second-order valence-corrected chi connectivity index (χ2v) is 3.91. The minimum absolute atomic E-state index is 0.0564. The molecule has 0 aromatic heterocycles. The zero-order valence-corrected chi connectivity index (χ0v) is 10.2. The van der Waals surface area contributed by atoms with E-state index in [1.807, 2.05) is 0 Å². The fraction of sp³-hybridized carbons (Fsp3) is 0. The Kier molecular flexibility index (Phi) is 4.05. The lowest BCUT2D eigenvalue weighted by Gasteiger charge is -2.07. The van der Waals surface area contributed by atoms with E-state index in [0.717, 1.165) is 0 Å². The van der Waals surface area contributed by atoms with Gasteiger partial charge in [-0.3, -0.25) is 0 Å². The zero-order chi connectivity index (χ0) is 14.5. The molecule has 102 valence electrons. The Morgan fingerprint density at radius 1 is 0.650 bits per heavy atom. The molecule has 4 nitrogen and oxygen atoms in total. The first kappa shape index (κ1) is 13.7. The first-order valence-electron chi connectivity index (χ1n) is 5.62. The second-order valence-electron chi connectivity index (χ2n) is 3.91. The third kappa shape index (κ3) is 2.80. The topological polar surface area (TPSA) is 65.2 Å². The lowest BCUT2D eigenvalue weighted by Crippen LogP contribution is -2.17. The molecule has 0 aliphatic carbocycles. The number of benzene rings is 2. The standard InChI is InChI=1S/C14H10F2N2O2/c15-11-5-1-9(2-6-11)13(17-19)14(18-20)10-3-7-12(16)8-4-10/h1-8,19-20H/b17-13+,18-14+. The van der Waals surface area contributed by atoms with Crippen LogP contribution in [0.1, 0.15) is 11.1 Å². The number of hydrogen-bond donors (Lipinski definition) is 2. The van der Waals surface area contributed by atoms with Crippen molar-refractivity contribution in [2.75, 3.05) is 0 Å². The summed E-state index contributed by atoms with van der Waals surface area (Å²) in [6, 6.07) is 10.2. The van der Waals surface area contributed by atoms with Crippen LogP contribution in [0.15, 0.2) is 58.8 Å². The summed E-state index contributed by atoms with van der Waals surface area (Å²) >= 11 is 0. The molecule has 0 aliphatic heterocycles. The van der Waals surface area contributed by atoms with E-state index in [9.17, 15) is 8.78 Å². The van der Waals surface area contributed by atoms with Gasteiger partial charge in [0.2, 0.25) is 0 Å². The van der Waals surface area contributed by atoms with Gasteiger partial charge in [0.25, 0.3) is 0 Å². The van der Waals surface area contributed by atoms with Gasteiger partial charge < -0.3 is 10.4 Å². The van der Waals surface area contributed by atoms with Crippen LogP contribution in [0.25, 0.3) is 0 Å². The van der Waals surface area contributed by atoms with Gasteiger partial charge >= 0.3 is 0 Å². The number of oxime groups is 2. The Balaban J connectivity index is 2.44. The molecule has 2 aromatic carbocycles. The van der Waals surface area contributed by atoms with Crippen molar-refractivity contribution in [3.05, 3.63) is 71.3 Å².